The first kappa shape index (κ1) is 10.0. The third-order valence-electron chi connectivity index (χ3n) is 1.90. The summed E-state index contributed by atoms with van der Waals surface area (Å²) < 4.78 is 0. The summed E-state index contributed by atoms with van der Waals surface area (Å²) in [6, 6.07) is 0. The summed E-state index contributed by atoms with van der Waals surface area (Å²) in [6.07, 6.45) is 24.0. The second-order valence-electron chi connectivity index (χ2n) is 3.09. The number of hydrogen-bond donors (Lipinski definition) is 0. The van der Waals surface area contributed by atoms with Gasteiger partial charge in [0.05, 0.1) is 0 Å². The third-order valence-corrected chi connectivity index (χ3v) is 1.90. The Labute approximate surface area is 81.4 Å². The van der Waals surface area contributed by atoms with E-state index in [9.17, 15) is 0 Å². The molecule has 0 N–H and O–H groups in total. The molecule has 1 aliphatic rings. The van der Waals surface area contributed by atoms with Crippen LogP contribution < -0.4 is 0 Å². The van der Waals surface area contributed by atoms with E-state index in [0.29, 0.717) is 0 Å². The van der Waals surface area contributed by atoms with Crippen LogP contribution in [0.4, 0.5) is 0 Å². The van der Waals surface area contributed by atoms with Crippen molar-refractivity contribution in [3.05, 3.63) is 48.6 Å². The van der Waals surface area contributed by atoms with Gasteiger partial charge in [0.2, 0.25) is 0 Å². The standard InChI is InChI=1S/C13H17/c1-2-4-6-8-10-12-13-11-9-7-5-3-1/h1-4,7,9-10H,5-6,8,11,13H2/b3-1+,4-2+,9-7-,12-10?. The molecule has 0 aliphatic heterocycles. The van der Waals surface area contributed by atoms with Gasteiger partial charge < -0.3 is 0 Å². The van der Waals surface area contributed by atoms with E-state index in [0.717, 1.165) is 32.1 Å². The molecule has 0 bridgehead atoms. The molecule has 1 rings (SSSR count). The van der Waals surface area contributed by atoms with E-state index in [2.05, 4.69) is 48.6 Å². The summed E-state index contributed by atoms with van der Waals surface area (Å²) in [4.78, 5) is 0. The monoisotopic (exact) mass is 173 g/mol. The molecule has 69 valence electrons. The van der Waals surface area contributed by atoms with E-state index < -0.39 is 0 Å². The fourth-order valence-corrected chi connectivity index (χ4v) is 1.17. The van der Waals surface area contributed by atoms with Gasteiger partial charge >= 0.3 is 0 Å². The maximum atomic E-state index is 3.29. The fourth-order valence-electron chi connectivity index (χ4n) is 1.17. The average molecular weight is 173 g/mol. The molecule has 0 nitrogen and oxygen atoms in total. The lowest BCUT2D eigenvalue weighted by Crippen LogP contribution is -1.67. The first-order chi connectivity index (χ1) is 6.50. The number of hydrogen-bond acceptors (Lipinski definition) is 0. The summed E-state index contributed by atoms with van der Waals surface area (Å²) in [5.74, 6) is 0. The molecule has 0 amide bonds. The van der Waals surface area contributed by atoms with Crippen LogP contribution in [0.5, 0.6) is 0 Å². The second-order valence-corrected chi connectivity index (χ2v) is 3.09. The van der Waals surface area contributed by atoms with Crippen LogP contribution in [-0.2, 0) is 0 Å². The van der Waals surface area contributed by atoms with Gasteiger partial charge in [-0.05, 0) is 38.2 Å². The van der Waals surface area contributed by atoms with Crippen LogP contribution in [0.25, 0.3) is 0 Å². The molecular weight excluding hydrogens is 156 g/mol. The van der Waals surface area contributed by atoms with E-state index in [-0.39, 0.29) is 0 Å². The lowest BCUT2D eigenvalue weighted by Gasteiger charge is -1.86. The molecule has 1 aliphatic carbocycles. The lowest BCUT2D eigenvalue weighted by molar-refractivity contribution is 0.982. The van der Waals surface area contributed by atoms with Crippen LogP contribution in [0, 0.1) is 6.08 Å². The Morgan fingerprint density at radius 3 is 2.69 bits per heavy atom. The summed E-state index contributed by atoms with van der Waals surface area (Å²) in [5.41, 5.74) is 0. The Kier molecular flexibility index (Phi) is 5.87. The van der Waals surface area contributed by atoms with Gasteiger partial charge in [-0.15, -0.1) is 0 Å². The zero-order valence-corrected chi connectivity index (χ0v) is 8.08. The molecule has 0 aromatic rings. The minimum absolute atomic E-state index is 1.05. The zero-order valence-electron chi connectivity index (χ0n) is 8.08. The quantitative estimate of drug-likeness (QED) is 0.486. The van der Waals surface area contributed by atoms with Crippen molar-refractivity contribution in [3.8, 4) is 0 Å². The Morgan fingerprint density at radius 2 is 1.69 bits per heavy atom. The topological polar surface area (TPSA) is 0 Å². The van der Waals surface area contributed by atoms with E-state index in [1.165, 1.54) is 0 Å². The molecular formula is C13H17. The fraction of sp³-hybridized carbons (Fsp3) is 0.385. The molecule has 1 radical (unpaired) electrons. The molecule has 0 aromatic carbocycles. The van der Waals surface area contributed by atoms with E-state index >= 15 is 0 Å². The summed E-state index contributed by atoms with van der Waals surface area (Å²) in [6.45, 7) is 0. The van der Waals surface area contributed by atoms with Crippen LogP contribution in [0.15, 0.2) is 42.5 Å². The zero-order chi connectivity index (χ0) is 9.19. The summed E-state index contributed by atoms with van der Waals surface area (Å²) >= 11 is 0. The molecule has 0 saturated carbocycles. The molecule has 0 heterocycles. The summed E-state index contributed by atoms with van der Waals surface area (Å²) in [5, 5.41) is 0. The van der Waals surface area contributed by atoms with Gasteiger partial charge in [-0.1, -0.05) is 42.5 Å². The number of allylic oxidation sites excluding steroid dienone is 8. The lowest BCUT2D eigenvalue weighted by atomic mass is 10.2. The van der Waals surface area contributed by atoms with Crippen molar-refractivity contribution in [2.75, 3.05) is 0 Å². The minimum atomic E-state index is 1.05. The number of rotatable bonds is 0. The van der Waals surface area contributed by atoms with E-state index in [1.807, 2.05) is 0 Å². The van der Waals surface area contributed by atoms with Gasteiger partial charge in [-0.3, -0.25) is 0 Å². The maximum absolute atomic E-state index is 3.29. The first-order valence-electron chi connectivity index (χ1n) is 5.02. The van der Waals surface area contributed by atoms with Gasteiger partial charge in [0, 0.05) is 0 Å². The van der Waals surface area contributed by atoms with Gasteiger partial charge in [-0.25, -0.2) is 0 Å². The Hall–Kier alpha value is -1.04. The van der Waals surface area contributed by atoms with Gasteiger partial charge in [0.15, 0.2) is 0 Å². The summed E-state index contributed by atoms with van der Waals surface area (Å²) in [7, 11) is 0. The average Bonchev–Trinajstić information content (AvgIpc) is 2.18. The van der Waals surface area contributed by atoms with Crippen molar-refractivity contribution >= 4 is 0 Å². The minimum Gasteiger partial charge on any atom is -0.0879 e. The molecule has 0 atom stereocenters. The van der Waals surface area contributed by atoms with Crippen molar-refractivity contribution in [1.29, 1.82) is 0 Å². The SMILES string of the molecule is [C]1=C/CC/C=C/C=C/C/C=C\CC/1. The second kappa shape index (κ2) is 7.60. The van der Waals surface area contributed by atoms with Crippen molar-refractivity contribution in [2.45, 2.75) is 32.1 Å². The highest BCUT2D eigenvalue weighted by Gasteiger charge is 1.80. The first-order valence-corrected chi connectivity index (χ1v) is 5.02. The van der Waals surface area contributed by atoms with Crippen LogP contribution in [0.3, 0.4) is 0 Å². The maximum Gasteiger partial charge on any atom is -0.0166 e. The van der Waals surface area contributed by atoms with E-state index in [1.54, 1.807) is 0 Å². The van der Waals surface area contributed by atoms with Gasteiger partial charge in [-0.2, -0.15) is 0 Å². The smallest absolute Gasteiger partial charge is 0.0166 e. The molecule has 0 unspecified atom stereocenters. The Balaban J connectivity index is 2.38. The highest BCUT2D eigenvalue weighted by molar-refractivity contribution is 5.05. The molecule has 0 fully saturated rings. The van der Waals surface area contributed by atoms with Crippen LogP contribution in [0.1, 0.15) is 32.1 Å². The van der Waals surface area contributed by atoms with Crippen LogP contribution in [-0.4, -0.2) is 0 Å². The largest absolute Gasteiger partial charge is 0.0879 e. The van der Waals surface area contributed by atoms with Gasteiger partial charge in [0.25, 0.3) is 0 Å². The normalized spacial score (nSPS) is 28.9. The Bertz CT molecular complexity index is 216. The molecule has 0 spiro atoms. The predicted octanol–water partition coefficient (Wildman–Crippen LogP) is 3.98. The predicted molar refractivity (Wildman–Crippen MR) is 58.3 cm³/mol. The van der Waals surface area contributed by atoms with Crippen LogP contribution >= 0.6 is 0 Å². The Morgan fingerprint density at radius 1 is 0.769 bits per heavy atom. The third kappa shape index (κ3) is 6.15. The molecule has 0 aromatic heterocycles. The molecule has 0 saturated heterocycles. The highest BCUT2D eigenvalue weighted by atomic mass is 13.9. The highest BCUT2D eigenvalue weighted by Crippen LogP contribution is 1.99. The molecule has 13 heavy (non-hydrogen) atoms. The van der Waals surface area contributed by atoms with Crippen LogP contribution in [0.2, 0.25) is 0 Å². The van der Waals surface area contributed by atoms with Crippen molar-refractivity contribution in [2.24, 2.45) is 0 Å². The molecule has 0 heteroatoms. The van der Waals surface area contributed by atoms with Crippen molar-refractivity contribution in [1.82, 2.24) is 0 Å². The van der Waals surface area contributed by atoms with Gasteiger partial charge in [0.1, 0.15) is 0 Å². The van der Waals surface area contributed by atoms with Crippen molar-refractivity contribution < 1.29 is 0 Å². The van der Waals surface area contributed by atoms with Crippen molar-refractivity contribution in [3.63, 3.8) is 0 Å². The van der Waals surface area contributed by atoms with E-state index in [4.69, 9.17) is 0 Å².